The van der Waals surface area contributed by atoms with Gasteiger partial charge in [-0.15, -0.1) is 0 Å². The predicted octanol–water partition coefficient (Wildman–Crippen LogP) is 2.61. The number of halogens is 3. The van der Waals surface area contributed by atoms with Crippen molar-refractivity contribution < 1.29 is 18.3 Å². The second-order valence-electron chi connectivity index (χ2n) is 5.13. The number of para-hydroxylation sites is 1. The Kier molecular flexibility index (Phi) is 3.44. The van der Waals surface area contributed by atoms with Gasteiger partial charge in [0.1, 0.15) is 5.82 Å². The van der Waals surface area contributed by atoms with Gasteiger partial charge in [-0.1, -0.05) is 12.1 Å². The third-order valence-corrected chi connectivity index (χ3v) is 3.53. The van der Waals surface area contributed by atoms with Crippen molar-refractivity contribution in [2.45, 2.75) is 25.1 Å². The number of rotatable bonds is 1. The van der Waals surface area contributed by atoms with Crippen LogP contribution in [0.25, 0.3) is 10.9 Å². The number of hydrogen-bond donors (Lipinski definition) is 1. The van der Waals surface area contributed by atoms with Crippen LogP contribution in [-0.4, -0.2) is 34.3 Å². The third-order valence-electron chi connectivity index (χ3n) is 3.53. The van der Waals surface area contributed by atoms with Gasteiger partial charge < -0.3 is 10.0 Å². The van der Waals surface area contributed by atoms with Crippen molar-refractivity contribution in [3.05, 3.63) is 30.1 Å². The first-order valence-electron chi connectivity index (χ1n) is 6.72. The van der Waals surface area contributed by atoms with E-state index in [9.17, 15) is 18.3 Å². The molecule has 7 heteroatoms. The van der Waals surface area contributed by atoms with Crippen molar-refractivity contribution in [1.82, 2.24) is 9.97 Å². The fourth-order valence-corrected chi connectivity index (χ4v) is 2.57. The largest absolute Gasteiger partial charge is 0.451 e. The SMILES string of the molecule is O[C@H]1CCCN(c2nc(C(F)(F)F)nc3ccccc23)C1. The highest BCUT2D eigenvalue weighted by Gasteiger charge is 2.36. The van der Waals surface area contributed by atoms with E-state index in [1.807, 2.05) is 0 Å². The zero-order valence-corrected chi connectivity index (χ0v) is 11.1. The van der Waals surface area contributed by atoms with Gasteiger partial charge >= 0.3 is 6.18 Å². The van der Waals surface area contributed by atoms with Crippen LogP contribution >= 0.6 is 0 Å². The molecular weight excluding hydrogens is 283 g/mol. The van der Waals surface area contributed by atoms with Gasteiger partial charge in [-0.2, -0.15) is 13.2 Å². The Morgan fingerprint density at radius 3 is 2.67 bits per heavy atom. The van der Waals surface area contributed by atoms with Gasteiger partial charge in [0.05, 0.1) is 11.6 Å². The van der Waals surface area contributed by atoms with Crippen LogP contribution in [0, 0.1) is 0 Å². The van der Waals surface area contributed by atoms with E-state index in [0.717, 1.165) is 6.42 Å². The van der Waals surface area contributed by atoms with Crippen LogP contribution in [0.5, 0.6) is 0 Å². The molecule has 0 amide bonds. The molecule has 0 saturated carbocycles. The Hall–Kier alpha value is -1.89. The Morgan fingerprint density at radius 2 is 1.95 bits per heavy atom. The number of alkyl halides is 3. The van der Waals surface area contributed by atoms with E-state index >= 15 is 0 Å². The normalized spacial score (nSPS) is 20.0. The number of benzene rings is 1. The molecule has 4 nitrogen and oxygen atoms in total. The van der Waals surface area contributed by atoms with E-state index in [1.54, 1.807) is 23.1 Å². The highest BCUT2D eigenvalue weighted by Crippen LogP contribution is 2.32. The smallest absolute Gasteiger partial charge is 0.391 e. The molecule has 1 saturated heterocycles. The van der Waals surface area contributed by atoms with Crippen LogP contribution in [0.15, 0.2) is 24.3 Å². The lowest BCUT2D eigenvalue weighted by Crippen LogP contribution is -2.39. The average Bonchev–Trinajstić information content (AvgIpc) is 2.45. The minimum atomic E-state index is -4.59. The summed E-state index contributed by atoms with van der Waals surface area (Å²) in [6, 6.07) is 6.62. The first kappa shape index (κ1) is 14.1. The van der Waals surface area contributed by atoms with Crippen molar-refractivity contribution in [2.24, 2.45) is 0 Å². The fourth-order valence-electron chi connectivity index (χ4n) is 2.57. The van der Waals surface area contributed by atoms with E-state index in [0.29, 0.717) is 18.4 Å². The quantitative estimate of drug-likeness (QED) is 0.879. The Balaban J connectivity index is 2.14. The Bertz CT molecular complexity index is 659. The monoisotopic (exact) mass is 297 g/mol. The molecule has 0 radical (unpaired) electrons. The predicted molar refractivity (Wildman–Crippen MR) is 72.0 cm³/mol. The molecule has 1 atom stereocenters. The summed E-state index contributed by atoms with van der Waals surface area (Å²) in [4.78, 5) is 9.01. The molecule has 0 bridgehead atoms. The molecule has 0 unspecified atom stereocenters. The molecule has 1 aromatic carbocycles. The van der Waals surface area contributed by atoms with E-state index in [1.165, 1.54) is 6.07 Å². The number of aliphatic hydroxyl groups excluding tert-OH is 1. The molecular formula is C14H14F3N3O. The number of anilines is 1. The van der Waals surface area contributed by atoms with Crippen LogP contribution in [0.4, 0.5) is 19.0 Å². The molecule has 2 aromatic rings. The van der Waals surface area contributed by atoms with Gasteiger partial charge in [0, 0.05) is 18.5 Å². The second-order valence-corrected chi connectivity index (χ2v) is 5.13. The van der Waals surface area contributed by atoms with Crippen LogP contribution < -0.4 is 4.90 Å². The Morgan fingerprint density at radius 1 is 1.19 bits per heavy atom. The summed E-state index contributed by atoms with van der Waals surface area (Å²) in [5.74, 6) is -0.900. The molecule has 1 fully saturated rings. The molecule has 1 aromatic heterocycles. The molecule has 1 aliphatic rings. The van der Waals surface area contributed by atoms with Gasteiger partial charge in [0.25, 0.3) is 0 Å². The number of nitrogens with zero attached hydrogens (tertiary/aromatic N) is 3. The summed E-state index contributed by atoms with van der Waals surface area (Å²) in [7, 11) is 0. The van der Waals surface area contributed by atoms with Crippen molar-refractivity contribution in [1.29, 1.82) is 0 Å². The molecule has 112 valence electrons. The molecule has 1 aliphatic heterocycles. The molecule has 0 aliphatic carbocycles. The summed E-state index contributed by atoms with van der Waals surface area (Å²) < 4.78 is 38.8. The second kappa shape index (κ2) is 5.14. The lowest BCUT2D eigenvalue weighted by atomic mass is 10.1. The lowest BCUT2D eigenvalue weighted by Gasteiger charge is -2.32. The van der Waals surface area contributed by atoms with Crippen LogP contribution in [-0.2, 0) is 6.18 Å². The number of piperidine rings is 1. The zero-order valence-electron chi connectivity index (χ0n) is 11.1. The maximum absolute atomic E-state index is 12.9. The number of aliphatic hydroxyl groups is 1. The topological polar surface area (TPSA) is 49.2 Å². The van der Waals surface area contributed by atoms with Crippen molar-refractivity contribution in [2.75, 3.05) is 18.0 Å². The summed E-state index contributed by atoms with van der Waals surface area (Å²) in [5, 5.41) is 10.3. The summed E-state index contributed by atoms with van der Waals surface area (Å²) >= 11 is 0. The lowest BCUT2D eigenvalue weighted by molar-refractivity contribution is -0.144. The number of hydrogen-bond acceptors (Lipinski definition) is 4. The first-order chi connectivity index (χ1) is 9.95. The van der Waals surface area contributed by atoms with Gasteiger partial charge in [0.15, 0.2) is 0 Å². The molecule has 0 spiro atoms. The fraction of sp³-hybridized carbons (Fsp3) is 0.429. The van der Waals surface area contributed by atoms with E-state index in [4.69, 9.17) is 0 Å². The summed E-state index contributed by atoms with van der Waals surface area (Å²) in [5.41, 5.74) is 0.259. The van der Waals surface area contributed by atoms with E-state index in [2.05, 4.69) is 9.97 Å². The summed E-state index contributed by atoms with van der Waals surface area (Å²) in [6.45, 7) is 0.869. The Labute approximate surface area is 119 Å². The van der Waals surface area contributed by atoms with Crippen LogP contribution in [0.2, 0.25) is 0 Å². The number of β-amino-alcohol motifs (C(OH)–C–C–N with tert-alkyl or cyclic N) is 1. The van der Waals surface area contributed by atoms with E-state index in [-0.39, 0.29) is 17.9 Å². The van der Waals surface area contributed by atoms with Crippen LogP contribution in [0.3, 0.4) is 0 Å². The minimum Gasteiger partial charge on any atom is -0.391 e. The highest BCUT2D eigenvalue weighted by atomic mass is 19.4. The number of aromatic nitrogens is 2. The van der Waals surface area contributed by atoms with Gasteiger partial charge in [0.2, 0.25) is 5.82 Å². The number of fused-ring (bicyclic) bond motifs is 1. The standard InChI is InChI=1S/C14H14F3N3O/c15-14(16,17)13-18-11-6-2-1-5-10(11)12(19-13)20-7-3-4-9(21)8-20/h1-2,5-6,9,21H,3-4,7-8H2/t9-/m0/s1. The molecule has 21 heavy (non-hydrogen) atoms. The minimum absolute atomic E-state index is 0.242. The first-order valence-corrected chi connectivity index (χ1v) is 6.72. The van der Waals surface area contributed by atoms with Crippen molar-refractivity contribution in [3.63, 3.8) is 0 Å². The zero-order chi connectivity index (χ0) is 15.0. The third kappa shape index (κ3) is 2.78. The van der Waals surface area contributed by atoms with Crippen molar-refractivity contribution >= 4 is 16.7 Å². The average molecular weight is 297 g/mol. The molecule has 1 N–H and O–H groups in total. The molecule has 2 heterocycles. The molecule has 3 rings (SSSR count). The highest BCUT2D eigenvalue weighted by molar-refractivity contribution is 5.89. The summed E-state index contributed by atoms with van der Waals surface area (Å²) in [6.07, 6.45) is -3.75. The maximum Gasteiger partial charge on any atom is 0.451 e. The van der Waals surface area contributed by atoms with E-state index < -0.39 is 18.1 Å². The van der Waals surface area contributed by atoms with Gasteiger partial charge in [-0.3, -0.25) is 0 Å². The van der Waals surface area contributed by atoms with Crippen molar-refractivity contribution in [3.8, 4) is 0 Å². The van der Waals surface area contributed by atoms with Gasteiger partial charge in [-0.05, 0) is 25.0 Å². The maximum atomic E-state index is 12.9. The van der Waals surface area contributed by atoms with Crippen LogP contribution in [0.1, 0.15) is 18.7 Å². The van der Waals surface area contributed by atoms with Gasteiger partial charge in [-0.25, -0.2) is 9.97 Å².